The molecule has 0 unspecified atom stereocenters. The Hall–Kier alpha value is -3.05. The third-order valence-electron chi connectivity index (χ3n) is 6.61. The van der Waals surface area contributed by atoms with Gasteiger partial charge in [-0.1, -0.05) is 42.5 Å². The molecule has 0 aromatic heterocycles. The Balaban J connectivity index is 1.24. The molecule has 0 atom stereocenters. The van der Waals surface area contributed by atoms with Crippen molar-refractivity contribution in [2.24, 2.45) is 0 Å². The first-order valence-electron chi connectivity index (χ1n) is 11.8. The number of hydrogen-bond donors (Lipinski definition) is 0. The Morgan fingerprint density at radius 3 is 2.48 bits per heavy atom. The van der Waals surface area contributed by atoms with Gasteiger partial charge in [0.1, 0.15) is 0 Å². The fraction of sp³-hybridized carbons (Fsp3) is 0.393. The van der Waals surface area contributed by atoms with Crippen molar-refractivity contribution in [3.05, 3.63) is 71.3 Å². The summed E-state index contributed by atoms with van der Waals surface area (Å²) in [5.41, 5.74) is 3.20. The number of fused-ring (bicyclic) bond motifs is 2. The van der Waals surface area contributed by atoms with Crippen molar-refractivity contribution < 1.29 is 14.3 Å². The Bertz CT molecular complexity index is 1110. The summed E-state index contributed by atoms with van der Waals surface area (Å²) in [5, 5.41) is 2.67. The molecule has 33 heavy (non-hydrogen) atoms. The van der Waals surface area contributed by atoms with E-state index in [4.69, 9.17) is 9.47 Å². The number of methoxy groups -OCH3 is 2. The molecule has 174 valence electrons. The number of nitrogens with zero attached hydrogens (tertiary/aromatic N) is 2. The predicted octanol–water partition coefficient (Wildman–Crippen LogP) is 4.81. The van der Waals surface area contributed by atoms with Gasteiger partial charge in [-0.25, -0.2) is 0 Å². The van der Waals surface area contributed by atoms with E-state index in [9.17, 15) is 4.79 Å². The zero-order valence-corrected chi connectivity index (χ0v) is 20.0. The number of benzene rings is 3. The van der Waals surface area contributed by atoms with E-state index in [1.807, 2.05) is 17.0 Å². The molecule has 1 amide bonds. The van der Waals surface area contributed by atoms with Crippen LogP contribution in [0.3, 0.4) is 0 Å². The van der Waals surface area contributed by atoms with Gasteiger partial charge >= 0.3 is 0 Å². The van der Waals surface area contributed by atoms with E-state index in [1.165, 1.54) is 16.3 Å². The summed E-state index contributed by atoms with van der Waals surface area (Å²) in [6, 6.07) is 18.9. The first-order valence-corrected chi connectivity index (χ1v) is 11.8. The molecular formula is C28H34N2O3. The molecule has 1 aliphatic rings. The molecule has 5 nitrogen and oxygen atoms in total. The highest BCUT2D eigenvalue weighted by molar-refractivity contribution is 5.97. The van der Waals surface area contributed by atoms with Gasteiger partial charge in [0.05, 0.1) is 14.2 Å². The minimum absolute atomic E-state index is 0.0933. The third-order valence-corrected chi connectivity index (χ3v) is 6.61. The Morgan fingerprint density at radius 2 is 1.67 bits per heavy atom. The summed E-state index contributed by atoms with van der Waals surface area (Å²) in [6.45, 7) is 3.57. The number of amides is 1. The number of aryl methyl sites for hydroxylation is 1. The minimum Gasteiger partial charge on any atom is -0.493 e. The van der Waals surface area contributed by atoms with Crippen molar-refractivity contribution in [3.63, 3.8) is 0 Å². The second kappa shape index (κ2) is 10.7. The van der Waals surface area contributed by atoms with Gasteiger partial charge in [-0.05, 0) is 79.9 Å². The lowest BCUT2D eigenvalue weighted by molar-refractivity contribution is 0.0732. The zero-order chi connectivity index (χ0) is 23.2. The van der Waals surface area contributed by atoms with Crippen molar-refractivity contribution in [2.75, 3.05) is 47.4 Å². The van der Waals surface area contributed by atoms with Crippen LogP contribution in [0.1, 0.15) is 34.3 Å². The van der Waals surface area contributed by atoms with Crippen molar-refractivity contribution in [1.82, 2.24) is 9.80 Å². The summed E-state index contributed by atoms with van der Waals surface area (Å²) in [5.74, 6) is 1.39. The predicted molar refractivity (Wildman–Crippen MR) is 134 cm³/mol. The molecule has 4 rings (SSSR count). The molecule has 0 saturated carbocycles. The quantitative estimate of drug-likeness (QED) is 0.448. The van der Waals surface area contributed by atoms with E-state index >= 15 is 0 Å². The van der Waals surface area contributed by atoms with Gasteiger partial charge in [-0.2, -0.15) is 0 Å². The topological polar surface area (TPSA) is 42.0 Å². The molecule has 0 saturated heterocycles. The summed E-state index contributed by atoms with van der Waals surface area (Å²) in [7, 11) is 5.40. The maximum absolute atomic E-state index is 13.0. The van der Waals surface area contributed by atoms with Crippen LogP contribution in [0, 0.1) is 0 Å². The van der Waals surface area contributed by atoms with E-state index in [1.54, 1.807) is 14.2 Å². The lowest BCUT2D eigenvalue weighted by Crippen LogP contribution is -2.39. The largest absolute Gasteiger partial charge is 0.493 e. The van der Waals surface area contributed by atoms with Crippen LogP contribution in [0.4, 0.5) is 0 Å². The highest BCUT2D eigenvalue weighted by Crippen LogP contribution is 2.33. The lowest BCUT2D eigenvalue weighted by Gasteiger charge is -2.30. The van der Waals surface area contributed by atoms with Gasteiger partial charge in [0.25, 0.3) is 5.91 Å². The van der Waals surface area contributed by atoms with Gasteiger partial charge in [0.2, 0.25) is 0 Å². The van der Waals surface area contributed by atoms with Crippen LogP contribution < -0.4 is 9.47 Å². The van der Waals surface area contributed by atoms with Crippen LogP contribution in [0.15, 0.2) is 54.6 Å². The second-order valence-corrected chi connectivity index (χ2v) is 8.81. The molecule has 0 fully saturated rings. The molecule has 1 aliphatic heterocycles. The standard InChI is InChI=1S/C28H34N2O3/c1-29(15-7-12-22-11-6-10-21-9-4-5-13-24(21)22)16-8-17-30-18-14-23-19-26(32-2)27(33-3)20-25(23)28(30)31/h4-6,9-11,13,19-20H,7-8,12,14-18H2,1-3H3. The Kier molecular flexibility index (Phi) is 7.50. The first-order chi connectivity index (χ1) is 16.1. The third kappa shape index (κ3) is 5.31. The molecule has 0 N–H and O–H groups in total. The van der Waals surface area contributed by atoms with Crippen molar-refractivity contribution in [3.8, 4) is 11.5 Å². The second-order valence-electron chi connectivity index (χ2n) is 8.81. The van der Waals surface area contributed by atoms with Crippen LogP contribution in [-0.4, -0.2) is 63.2 Å². The fourth-order valence-corrected chi connectivity index (χ4v) is 4.76. The first kappa shape index (κ1) is 23.1. The smallest absolute Gasteiger partial charge is 0.254 e. The number of rotatable bonds is 10. The van der Waals surface area contributed by atoms with E-state index in [2.05, 4.69) is 54.4 Å². The monoisotopic (exact) mass is 446 g/mol. The zero-order valence-electron chi connectivity index (χ0n) is 20.0. The van der Waals surface area contributed by atoms with Crippen LogP contribution >= 0.6 is 0 Å². The van der Waals surface area contributed by atoms with E-state index in [-0.39, 0.29) is 5.91 Å². The van der Waals surface area contributed by atoms with Gasteiger partial charge in [0, 0.05) is 18.7 Å². The molecule has 0 aliphatic carbocycles. The molecule has 3 aromatic carbocycles. The normalized spacial score (nSPS) is 13.5. The van der Waals surface area contributed by atoms with Gasteiger partial charge in [0.15, 0.2) is 11.5 Å². The average Bonchev–Trinajstić information content (AvgIpc) is 2.85. The molecule has 0 spiro atoms. The maximum atomic E-state index is 13.0. The molecule has 0 bridgehead atoms. The van der Waals surface area contributed by atoms with Crippen LogP contribution in [-0.2, 0) is 12.8 Å². The highest BCUT2D eigenvalue weighted by atomic mass is 16.5. The Morgan fingerprint density at radius 1 is 0.939 bits per heavy atom. The van der Waals surface area contributed by atoms with Gasteiger partial charge in [-0.3, -0.25) is 4.79 Å². The van der Waals surface area contributed by atoms with Crippen molar-refractivity contribution in [2.45, 2.75) is 25.7 Å². The number of carbonyl (C=O) groups is 1. The highest BCUT2D eigenvalue weighted by Gasteiger charge is 2.26. The van der Waals surface area contributed by atoms with Crippen molar-refractivity contribution in [1.29, 1.82) is 0 Å². The maximum Gasteiger partial charge on any atom is 0.254 e. The molecule has 0 radical (unpaired) electrons. The lowest BCUT2D eigenvalue weighted by atomic mass is 9.98. The summed E-state index contributed by atoms with van der Waals surface area (Å²) < 4.78 is 10.8. The molecular weight excluding hydrogens is 412 g/mol. The van der Waals surface area contributed by atoms with E-state index in [0.29, 0.717) is 11.5 Å². The SMILES string of the molecule is COc1cc2c(cc1OC)C(=O)N(CCCN(C)CCCc1cccc3ccccc13)CC2. The Labute approximate surface area is 196 Å². The van der Waals surface area contributed by atoms with E-state index in [0.717, 1.165) is 63.0 Å². The molecule has 1 heterocycles. The van der Waals surface area contributed by atoms with Crippen molar-refractivity contribution >= 4 is 16.7 Å². The fourth-order valence-electron chi connectivity index (χ4n) is 4.76. The van der Waals surface area contributed by atoms with Crippen LogP contribution in [0.25, 0.3) is 10.8 Å². The van der Waals surface area contributed by atoms with E-state index < -0.39 is 0 Å². The molecule has 5 heteroatoms. The van der Waals surface area contributed by atoms with Crippen LogP contribution in [0.5, 0.6) is 11.5 Å². The molecule has 3 aromatic rings. The number of hydrogen-bond acceptors (Lipinski definition) is 4. The summed E-state index contributed by atoms with van der Waals surface area (Å²) in [6.07, 6.45) is 4.03. The summed E-state index contributed by atoms with van der Waals surface area (Å²) >= 11 is 0. The minimum atomic E-state index is 0.0933. The number of carbonyl (C=O) groups excluding carboxylic acids is 1. The van der Waals surface area contributed by atoms with Crippen LogP contribution in [0.2, 0.25) is 0 Å². The number of ether oxygens (including phenoxy) is 2. The van der Waals surface area contributed by atoms with Gasteiger partial charge < -0.3 is 19.3 Å². The summed E-state index contributed by atoms with van der Waals surface area (Å²) in [4.78, 5) is 17.4. The van der Waals surface area contributed by atoms with Gasteiger partial charge in [-0.15, -0.1) is 0 Å². The average molecular weight is 447 g/mol.